The van der Waals surface area contributed by atoms with Crippen molar-refractivity contribution >= 4 is 17.5 Å². The summed E-state index contributed by atoms with van der Waals surface area (Å²) >= 11 is 0. The van der Waals surface area contributed by atoms with E-state index in [1.165, 1.54) is 23.8 Å². The van der Waals surface area contributed by atoms with Gasteiger partial charge in [0.1, 0.15) is 5.82 Å². The maximum absolute atomic E-state index is 13.5. The molecule has 2 amide bonds. The molecule has 0 aliphatic rings. The van der Waals surface area contributed by atoms with Crippen LogP contribution in [0.4, 0.5) is 10.1 Å². The van der Waals surface area contributed by atoms with E-state index >= 15 is 0 Å². The predicted molar refractivity (Wildman–Crippen MR) is 92.2 cm³/mol. The summed E-state index contributed by atoms with van der Waals surface area (Å²) in [5.74, 6) is -2.28. The van der Waals surface area contributed by atoms with E-state index in [0.29, 0.717) is 0 Å². The van der Waals surface area contributed by atoms with E-state index in [1.54, 1.807) is 6.07 Å². The molecule has 2 N–H and O–H groups in total. The van der Waals surface area contributed by atoms with E-state index in [2.05, 4.69) is 10.6 Å². The fourth-order valence-electron chi connectivity index (χ4n) is 2.53. The number of hydrogen-bond acceptors (Lipinski definition) is 2. The highest BCUT2D eigenvalue weighted by Gasteiger charge is 2.19. The maximum Gasteiger partial charge on any atom is 0.313 e. The van der Waals surface area contributed by atoms with Crippen LogP contribution in [0.25, 0.3) is 0 Å². The molecule has 24 heavy (non-hydrogen) atoms. The first-order valence-electron chi connectivity index (χ1n) is 7.73. The van der Waals surface area contributed by atoms with Gasteiger partial charge in [0.2, 0.25) is 0 Å². The van der Waals surface area contributed by atoms with Crippen LogP contribution in [0, 0.1) is 26.6 Å². The average Bonchev–Trinajstić information content (AvgIpc) is 2.52. The van der Waals surface area contributed by atoms with Crippen LogP contribution in [0.5, 0.6) is 0 Å². The number of aryl methyl sites for hydroxylation is 3. The molecule has 0 saturated heterocycles. The molecule has 0 aromatic heterocycles. The largest absolute Gasteiger partial charge is 0.341 e. The molecule has 0 radical (unpaired) electrons. The first-order valence-corrected chi connectivity index (χ1v) is 7.73. The Morgan fingerprint density at radius 3 is 2.25 bits per heavy atom. The van der Waals surface area contributed by atoms with Gasteiger partial charge in [-0.1, -0.05) is 24.3 Å². The second-order valence-electron chi connectivity index (χ2n) is 5.92. The lowest BCUT2D eigenvalue weighted by Crippen LogP contribution is -2.37. The van der Waals surface area contributed by atoms with Crippen molar-refractivity contribution < 1.29 is 14.0 Å². The number of anilines is 1. The highest BCUT2D eigenvalue weighted by atomic mass is 19.1. The molecule has 126 valence electrons. The van der Waals surface area contributed by atoms with Gasteiger partial charge in [0.15, 0.2) is 0 Å². The Morgan fingerprint density at radius 2 is 1.58 bits per heavy atom. The van der Waals surface area contributed by atoms with Crippen LogP contribution in [0.15, 0.2) is 36.4 Å². The van der Waals surface area contributed by atoms with E-state index in [-0.39, 0.29) is 11.7 Å². The third kappa shape index (κ3) is 3.98. The van der Waals surface area contributed by atoms with Crippen LogP contribution in [0.1, 0.15) is 35.2 Å². The summed E-state index contributed by atoms with van der Waals surface area (Å²) in [4.78, 5) is 24.0. The maximum atomic E-state index is 13.5. The van der Waals surface area contributed by atoms with Gasteiger partial charge < -0.3 is 10.6 Å². The molecule has 1 atom stereocenters. The Bertz CT molecular complexity index is 787. The van der Waals surface area contributed by atoms with Crippen molar-refractivity contribution in [2.24, 2.45) is 0 Å². The quantitative estimate of drug-likeness (QED) is 0.846. The van der Waals surface area contributed by atoms with Gasteiger partial charge >= 0.3 is 11.8 Å². The number of nitrogens with one attached hydrogen (secondary N) is 2. The number of carbonyl (C=O) groups excluding carboxylic acids is 2. The van der Waals surface area contributed by atoms with E-state index in [4.69, 9.17) is 0 Å². The van der Waals surface area contributed by atoms with Gasteiger partial charge in [-0.2, -0.15) is 0 Å². The number of benzene rings is 2. The summed E-state index contributed by atoms with van der Waals surface area (Å²) in [6.07, 6.45) is 0. The molecule has 0 aliphatic heterocycles. The Balaban J connectivity index is 2.07. The topological polar surface area (TPSA) is 58.2 Å². The van der Waals surface area contributed by atoms with Crippen molar-refractivity contribution in [3.8, 4) is 0 Å². The molecule has 0 bridgehead atoms. The van der Waals surface area contributed by atoms with Crippen molar-refractivity contribution in [3.63, 3.8) is 0 Å². The molecule has 0 spiro atoms. The number of halogens is 1. The standard InChI is InChI=1S/C19H21FN2O2/c1-11-9-13(3)15(10-12(11)2)14(4)21-18(23)19(24)22-17-8-6-5-7-16(17)20/h5-10,14H,1-4H3,(H,21,23)(H,22,24)/t14-/m1/s1. The van der Waals surface area contributed by atoms with Crippen LogP contribution >= 0.6 is 0 Å². The second kappa shape index (κ2) is 7.25. The summed E-state index contributed by atoms with van der Waals surface area (Å²) in [5, 5.41) is 4.93. The van der Waals surface area contributed by atoms with Crippen molar-refractivity contribution in [2.45, 2.75) is 33.7 Å². The van der Waals surface area contributed by atoms with Gasteiger partial charge in [0.05, 0.1) is 11.7 Å². The lowest BCUT2D eigenvalue weighted by atomic mass is 9.96. The summed E-state index contributed by atoms with van der Waals surface area (Å²) < 4.78 is 13.5. The van der Waals surface area contributed by atoms with Gasteiger partial charge in [-0.05, 0) is 62.1 Å². The van der Waals surface area contributed by atoms with Gasteiger partial charge in [0.25, 0.3) is 0 Å². The Kier molecular flexibility index (Phi) is 5.34. The Labute approximate surface area is 141 Å². The average molecular weight is 328 g/mol. The molecule has 5 heteroatoms. The van der Waals surface area contributed by atoms with E-state index in [9.17, 15) is 14.0 Å². The molecule has 4 nitrogen and oxygen atoms in total. The highest BCUT2D eigenvalue weighted by molar-refractivity contribution is 6.39. The third-order valence-corrected chi connectivity index (χ3v) is 4.02. The zero-order chi connectivity index (χ0) is 17.9. The lowest BCUT2D eigenvalue weighted by molar-refractivity contribution is -0.136. The molecule has 2 aromatic carbocycles. The van der Waals surface area contributed by atoms with Crippen molar-refractivity contribution in [1.29, 1.82) is 0 Å². The smallest absolute Gasteiger partial charge is 0.313 e. The molecule has 0 heterocycles. The second-order valence-corrected chi connectivity index (χ2v) is 5.92. The zero-order valence-electron chi connectivity index (χ0n) is 14.2. The summed E-state index contributed by atoms with van der Waals surface area (Å²) in [6, 6.07) is 9.43. The molecule has 2 rings (SSSR count). The summed E-state index contributed by atoms with van der Waals surface area (Å²) in [5.41, 5.74) is 4.26. The van der Waals surface area contributed by atoms with Crippen molar-refractivity contribution in [1.82, 2.24) is 5.32 Å². The minimum Gasteiger partial charge on any atom is -0.341 e. The van der Waals surface area contributed by atoms with Crippen LogP contribution in [-0.4, -0.2) is 11.8 Å². The lowest BCUT2D eigenvalue weighted by Gasteiger charge is -2.18. The predicted octanol–water partition coefficient (Wildman–Crippen LogP) is 3.57. The van der Waals surface area contributed by atoms with Crippen LogP contribution < -0.4 is 10.6 Å². The molecule has 0 saturated carbocycles. The van der Waals surface area contributed by atoms with Crippen LogP contribution in [0.3, 0.4) is 0 Å². The number of hydrogen-bond donors (Lipinski definition) is 2. The minimum absolute atomic E-state index is 0.0207. The first kappa shape index (κ1) is 17.7. The van der Waals surface area contributed by atoms with Gasteiger partial charge in [-0.15, -0.1) is 0 Å². The number of para-hydroxylation sites is 1. The Morgan fingerprint density at radius 1 is 0.958 bits per heavy atom. The molecule has 2 aromatic rings. The van der Waals surface area contributed by atoms with Crippen LogP contribution in [0.2, 0.25) is 0 Å². The number of carbonyl (C=O) groups is 2. The normalized spacial score (nSPS) is 11.7. The molecule has 0 fully saturated rings. The number of rotatable bonds is 3. The monoisotopic (exact) mass is 328 g/mol. The third-order valence-electron chi connectivity index (χ3n) is 4.02. The molecular weight excluding hydrogens is 307 g/mol. The van der Waals surface area contributed by atoms with E-state index < -0.39 is 17.6 Å². The highest BCUT2D eigenvalue weighted by Crippen LogP contribution is 2.21. The van der Waals surface area contributed by atoms with E-state index in [1.807, 2.05) is 39.8 Å². The van der Waals surface area contributed by atoms with Gasteiger partial charge in [-0.25, -0.2) is 4.39 Å². The van der Waals surface area contributed by atoms with Crippen molar-refractivity contribution in [3.05, 3.63) is 64.5 Å². The van der Waals surface area contributed by atoms with Crippen molar-refractivity contribution in [2.75, 3.05) is 5.32 Å². The van der Waals surface area contributed by atoms with Gasteiger partial charge in [-0.3, -0.25) is 9.59 Å². The van der Waals surface area contributed by atoms with E-state index in [0.717, 1.165) is 16.7 Å². The van der Waals surface area contributed by atoms with Crippen LogP contribution in [-0.2, 0) is 9.59 Å². The molecule has 0 aliphatic carbocycles. The summed E-state index contributed by atoms with van der Waals surface area (Å²) in [7, 11) is 0. The number of amides is 2. The zero-order valence-corrected chi connectivity index (χ0v) is 14.2. The minimum atomic E-state index is -0.895. The SMILES string of the molecule is Cc1cc(C)c([C@@H](C)NC(=O)C(=O)Nc2ccccc2F)cc1C. The Hall–Kier alpha value is -2.69. The molecular formula is C19H21FN2O2. The van der Waals surface area contributed by atoms with Gasteiger partial charge in [0, 0.05) is 0 Å². The fraction of sp³-hybridized carbons (Fsp3) is 0.263. The summed E-state index contributed by atoms with van der Waals surface area (Å²) in [6.45, 7) is 7.80. The first-order chi connectivity index (χ1) is 11.3. The fourth-order valence-corrected chi connectivity index (χ4v) is 2.53. The molecule has 0 unspecified atom stereocenters.